The first-order valence-corrected chi connectivity index (χ1v) is 13.4. The Morgan fingerprint density at radius 2 is 1.15 bits per heavy atom. The van der Waals surface area contributed by atoms with Crippen LogP contribution in [0.4, 0.5) is 0 Å². The zero-order chi connectivity index (χ0) is 25.5. The summed E-state index contributed by atoms with van der Waals surface area (Å²) < 4.78 is 2.28. The fourth-order valence-electron chi connectivity index (χ4n) is 2.82. The molecule has 2 aromatic rings. The van der Waals surface area contributed by atoms with E-state index in [1.54, 1.807) is 32.1 Å². The van der Waals surface area contributed by atoms with E-state index in [2.05, 4.69) is 122 Å². The minimum atomic E-state index is 0.146. The fourth-order valence-corrected chi connectivity index (χ4v) is 4.94. The number of hydrogen-bond acceptors (Lipinski definition) is 0. The molecule has 0 saturated carbocycles. The second kappa shape index (κ2) is 21.6. The van der Waals surface area contributed by atoms with Gasteiger partial charge in [-0.2, -0.15) is 28.2 Å². The van der Waals surface area contributed by atoms with Crippen LogP contribution in [0, 0.1) is 0 Å². The van der Waals surface area contributed by atoms with Gasteiger partial charge in [0.25, 0.3) is 0 Å². The largest absolute Gasteiger partial charge is 0.668 e. The van der Waals surface area contributed by atoms with Crippen molar-refractivity contribution in [2.45, 2.75) is 43.8 Å². The molecule has 3 heteroatoms. The summed E-state index contributed by atoms with van der Waals surface area (Å²) in [5.74, 6) is 0. The Balaban J connectivity index is 0.000000572. The summed E-state index contributed by atoms with van der Waals surface area (Å²) in [7, 11) is 7.00. The van der Waals surface area contributed by atoms with Crippen molar-refractivity contribution in [1.82, 2.24) is 0 Å². The molecule has 3 rings (SSSR count). The molecule has 0 atom stereocenters. The zero-order valence-corrected chi connectivity index (χ0v) is 23.9. The summed E-state index contributed by atoms with van der Waals surface area (Å²) in [5.41, 5.74) is 2.70. The Kier molecular flexibility index (Phi) is 20.3. The first-order valence-electron chi connectivity index (χ1n) is 11.9. The quantitative estimate of drug-likeness (QED) is 0.284. The van der Waals surface area contributed by atoms with Crippen molar-refractivity contribution in [2.24, 2.45) is 0 Å². The van der Waals surface area contributed by atoms with Gasteiger partial charge in [-0.15, -0.1) is 0 Å². The van der Waals surface area contributed by atoms with Gasteiger partial charge in [-0.25, -0.2) is 0 Å². The van der Waals surface area contributed by atoms with Gasteiger partial charge in [0.2, 0.25) is 0 Å². The Bertz CT molecular complexity index is 777. The van der Waals surface area contributed by atoms with Gasteiger partial charge < -0.3 is 10.6 Å². The molecule has 0 N–H and O–H groups in total. The van der Waals surface area contributed by atoms with Crippen LogP contribution in [0.15, 0.2) is 107 Å². The summed E-state index contributed by atoms with van der Waals surface area (Å²) in [6.07, 6.45) is 18.6. The van der Waals surface area contributed by atoms with Crippen molar-refractivity contribution in [2.75, 3.05) is 28.2 Å². The second-order valence-electron chi connectivity index (χ2n) is 8.83. The molecule has 0 aliphatic heterocycles. The molecule has 1 aliphatic rings. The van der Waals surface area contributed by atoms with Crippen molar-refractivity contribution in [1.29, 1.82) is 0 Å². The fraction of sp³-hybridized carbons (Fsp3) is 0.355. The van der Waals surface area contributed by atoms with Gasteiger partial charge in [-0.1, -0.05) is 85.0 Å². The smallest absolute Gasteiger partial charge is 0.162 e. The molecule has 0 aromatic heterocycles. The third-order valence-electron chi connectivity index (χ3n) is 4.08. The molecule has 0 bridgehead atoms. The Morgan fingerprint density at radius 3 is 1.47 bits per heavy atom. The summed E-state index contributed by atoms with van der Waals surface area (Å²) >= 11 is 0.146. The van der Waals surface area contributed by atoms with E-state index in [1.807, 2.05) is 12.1 Å². The molecule has 0 heterocycles. The minimum Gasteiger partial charge on any atom is -0.668 e. The van der Waals surface area contributed by atoms with Crippen LogP contribution in [0.1, 0.15) is 38.3 Å². The molecule has 2 aromatic carbocycles. The van der Waals surface area contributed by atoms with Crippen LogP contribution in [0.2, 0.25) is 3.72 Å². The number of benzene rings is 2. The van der Waals surface area contributed by atoms with Gasteiger partial charge in [-0.05, 0) is 24.0 Å². The number of rotatable bonds is 6. The van der Waals surface area contributed by atoms with Crippen LogP contribution < -0.4 is 0 Å². The molecule has 2 nitrogen and oxygen atoms in total. The van der Waals surface area contributed by atoms with E-state index < -0.39 is 0 Å². The summed E-state index contributed by atoms with van der Waals surface area (Å²) in [4.78, 5) is 0. The molecule has 0 radical (unpaired) electrons. The maximum atomic E-state index is 3.50. The van der Waals surface area contributed by atoms with E-state index in [0.717, 1.165) is 12.8 Å². The van der Waals surface area contributed by atoms with Crippen molar-refractivity contribution in [3.8, 4) is 0 Å². The average molecular weight is 493 g/mol. The maximum Gasteiger partial charge on any atom is -0.162 e. The van der Waals surface area contributed by atoms with Gasteiger partial charge in [-0.3, -0.25) is 0 Å². The Labute approximate surface area is 219 Å². The van der Waals surface area contributed by atoms with Gasteiger partial charge in [0.1, 0.15) is 0 Å². The molecule has 0 amide bonds. The summed E-state index contributed by atoms with van der Waals surface area (Å²) in [6, 6.07) is 21.0. The van der Waals surface area contributed by atoms with E-state index in [4.69, 9.17) is 0 Å². The molecular weight excluding hydrogens is 448 g/mol. The third-order valence-corrected chi connectivity index (χ3v) is 6.33. The van der Waals surface area contributed by atoms with Gasteiger partial charge >= 0.3 is 72.2 Å². The molecule has 34 heavy (non-hydrogen) atoms. The second-order valence-corrected chi connectivity index (χ2v) is 12.6. The SMILES string of the molecule is C(C=CCc1ccccc1)=CCc1ccccc1.C[C](C)(C)[Ti+2][C]1=CC=CC1.C[N-]C.C[N-]C. The van der Waals surface area contributed by atoms with E-state index in [-0.39, 0.29) is 19.2 Å². The zero-order valence-electron chi connectivity index (χ0n) is 22.3. The molecule has 0 saturated heterocycles. The van der Waals surface area contributed by atoms with Gasteiger partial charge in [0, 0.05) is 0 Å². The van der Waals surface area contributed by atoms with Gasteiger partial charge in [0.05, 0.1) is 0 Å². The molecular formula is C31H44N2Ti. The van der Waals surface area contributed by atoms with E-state index in [9.17, 15) is 0 Å². The van der Waals surface area contributed by atoms with Crippen molar-refractivity contribution < 1.29 is 19.2 Å². The Morgan fingerprint density at radius 1 is 0.735 bits per heavy atom. The van der Waals surface area contributed by atoms with Crippen LogP contribution in [0.5, 0.6) is 0 Å². The predicted molar refractivity (Wildman–Crippen MR) is 151 cm³/mol. The molecule has 0 fully saturated rings. The van der Waals surface area contributed by atoms with Crippen molar-refractivity contribution in [3.05, 3.63) is 129 Å². The first-order chi connectivity index (χ1) is 16.4. The minimum absolute atomic E-state index is 0.146. The number of hydrogen-bond donors (Lipinski definition) is 0. The van der Waals surface area contributed by atoms with Crippen LogP contribution >= 0.6 is 0 Å². The van der Waals surface area contributed by atoms with Crippen LogP contribution in [-0.2, 0) is 32.0 Å². The third kappa shape index (κ3) is 20.6. The van der Waals surface area contributed by atoms with E-state index in [1.165, 1.54) is 17.5 Å². The Hall–Kier alpha value is -1.97. The van der Waals surface area contributed by atoms with Gasteiger partial charge in [0.15, 0.2) is 0 Å². The number of allylic oxidation sites excluding steroid dienone is 8. The predicted octanol–water partition coefficient (Wildman–Crippen LogP) is 8.95. The number of nitrogens with zero attached hydrogens (tertiary/aromatic N) is 2. The van der Waals surface area contributed by atoms with Crippen LogP contribution in [0.25, 0.3) is 10.6 Å². The normalized spacial score (nSPS) is 12.0. The molecule has 1 aliphatic carbocycles. The molecule has 182 valence electrons. The van der Waals surface area contributed by atoms with Crippen LogP contribution in [0.3, 0.4) is 0 Å². The van der Waals surface area contributed by atoms with E-state index >= 15 is 0 Å². The average Bonchev–Trinajstić information content (AvgIpc) is 3.30. The first kappa shape index (κ1) is 32.0. The monoisotopic (exact) mass is 492 g/mol. The standard InChI is InChI=1S/C18H18.C5H5.C4H9.2C2H6N.Ti/c1(5-11-17-13-7-3-8-14-17)2-6-12-18-15-9-4-10-16-18;1-2-4-5-3-1;1-4(2)3;2*1-3-2;/h1-10,13-16H,11-12H2;1-3H,4H2;1-3H3;2*1-2H3;/q;;;2*-1;+2. The van der Waals surface area contributed by atoms with Crippen LogP contribution in [-0.4, -0.2) is 28.2 Å². The molecule has 0 spiro atoms. The van der Waals surface area contributed by atoms with E-state index in [0.29, 0.717) is 3.72 Å². The van der Waals surface area contributed by atoms with Crippen molar-refractivity contribution in [3.63, 3.8) is 0 Å². The summed E-state index contributed by atoms with van der Waals surface area (Å²) in [5, 5.41) is 7.00. The topological polar surface area (TPSA) is 28.2 Å². The van der Waals surface area contributed by atoms with Crippen molar-refractivity contribution >= 4 is 0 Å². The maximum absolute atomic E-state index is 3.50. The summed E-state index contributed by atoms with van der Waals surface area (Å²) in [6.45, 7) is 7.02. The molecule has 0 unspecified atom stereocenters.